The third-order valence-electron chi connectivity index (χ3n) is 4.04. The van der Waals surface area contributed by atoms with Crippen LogP contribution in [-0.2, 0) is 0 Å². The van der Waals surface area contributed by atoms with Crippen molar-refractivity contribution in [2.75, 3.05) is 4.90 Å². The molecule has 124 valence electrons. The Bertz CT molecular complexity index is 770. The first-order valence-corrected chi connectivity index (χ1v) is 9.05. The van der Waals surface area contributed by atoms with Crippen LogP contribution in [-0.4, -0.2) is 26.2 Å². The molecule has 0 N–H and O–H groups in total. The van der Waals surface area contributed by atoms with Gasteiger partial charge in [0.25, 0.3) is 6.17 Å². The van der Waals surface area contributed by atoms with Crippen LogP contribution in [0.2, 0.25) is 0 Å². The van der Waals surface area contributed by atoms with Crippen LogP contribution >= 0.6 is 24.0 Å². The van der Waals surface area contributed by atoms with Crippen molar-refractivity contribution in [1.29, 1.82) is 0 Å². The largest absolute Gasteiger partial charge is 0.622 e. The van der Waals surface area contributed by atoms with Crippen molar-refractivity contribution in [3.63, 3.8) is 0 Å². The lowest BCUT2D eigenvalue weighted by Gasteiger charge is -2.29. The fourth-order valence-corrected chi connectivity index (χ4v) is 4.78. The molecule has 24 heavy (non-hydrogen) atoms. The Kier molecular flexibility index (Phi) is 4.65. The molecule has 5 heteroatoms. The highest BCUT2D eigenvalue weighted by atomic mass is 32.2. The first-order chi connectivity index (χ1) is 11.4. The van der Waals surface area contributed by atoms with Crippen LogP contribution < -0.4 is 4.90 Å². The Morgan fingerprint density at radius 2 is 1.75 bits per heavy atom. The van der Waals surface area contributed by atoms with Crippen molar-refractivity contribution in [1.82, 2.24) is 0 Å². The Morgan fingerprint density at radius 3 is 2.38 bits per heavy atom. The average Bonchev–Trinajstić information content (AvgIpc) is 2.79. The van der Waals surface area contributed by atoms with E-state index in [-0.39, 0.29) is 4.75 Å². The molecule has 1 atom stereocenters. The van der Waals surface area contributed by atoms with E-state index in [9.17, 15) is 5.21 Å². The summed E-state index contributed by atoms with van der Waals surface area (Å²) in [7, 11) is 0. The van der Waals surface area contributed by atoms with Gasteiger partial charge in [0, 0.05) is 11.3 Å². The smallest absolute Gasteiger partial charge is 0.258 e. The van der Waals surface area contributed by atoms with Gasteiger partial charge in [-0.05, 0) is 45.0 Å². The predicted molar refractivity (Wildman–Crippen MR) is 107 cm³/mol. The third kappa shape index (κ3) is 3.32. The summed E-state index contributed by atoms with van der Waals surface area (Å²) in [5.41, 5.74) is 3.01. The molecule has 2 aromatic rings. The zero-order valence-electron chi connectivity index (χ0n) is 14.0. The number of rotatable bonds is 3. The van der Waals surface area contributed by atoms with Gasteiger partial charge in [0.1, 0.15) is 9.07 Å². The lowest BCUT2D eigenvalue weighted by molar-refractivity contribution is -0.497. The summed E-state index contributed by atoms with van der Waals surface area (Å²) in [6.45, 7) is 6.15. The summed E-state index contributed by atoms with van der Waals surface area (Å²) < 4.78 is 1.45. The van der Waals surface area contributed by atoms with Gasteiger partial charge in [0.15, 0.2) is 6.21 Å². The van der Waals surface area contributed by atoms with E-state index in [0.717, 1.165) is 20.3 Å². The summed E-state index contributed by atoms with van der Waals surface area (Å²) >= 11 is 7.13. The number of benzene rings is 2. The first kappa shape index (κ1) is 17.0. The van der Waals surface area contributed by atoms with Crippen LogP contribution in [0.1, 0.15) is 25.0 Å². The lowest BCUT2D eigenvalue weighted by atomic mass is 10.1. The van der Waals surface area contributed by atoms with E-state index in [4.69, 9.17) is 12.2 Å². The van der Waals surface area contributed by atoms with Crippen molar-refractivity contribution < 1.29 is 4.74 Å². The van der Waals surface area contributed by atoms with Crippen molar-refractivity contribution in [2.45, 2.75) is 31.7 Å². The number of thioether (sulfide) groups is 1. The second-order valence-electron chi connectivity index (χ2n) is 6.45. The molecule has 1 fully saturated rings. The molecular weight excluding hydrogens is 336 g/mol. The molecule has 0 aliphatic carbocycles. The molecule has 0 bridgehead atoms. The topological polar surface area (TPSA) is 29.3 Å². The van der Waals surface area contributed by atoms with Gasteiger partial charge in [-0.3, -0.25) is 4.90 Å². The molecule has 1 saturated heterocycles. The molecule has 0 saturated carbocycles. The SMILES string of the molecule is Cc1ccc(C=[N+]([O-])C2N(c3ccccc3)C(=S)SC2(C)C)cc1. The number of para-hydroxylation sites is 1. The van der Waals surface area contributed by atoms with Crippen LogP contribution in [0.4, 0.5) is 5.69 Å². The second kappa shape index (κ2) is 6.57. The van der Waals surface area contributed by atoms with E-state index in [1.54, 1.807) is 18.0 Å². The second-order valence-corrected chi connectivity index (χ2v) is 8.74. The maximum atomic E-state index is 13.0. The normalized spacial score (nSPS) is 20.5. The fourth-order valence-electron chi connectivity index (χ4n) is 2.86. The van der Waals surface area contributed by atoms with Gasteiger partial charge in [0.05, 0.1) is 0 Å². The van der Waals surface area contributed by atoms with E-state index in [0.29, 0.717) is 0 Å². The molecule has 2 aromatic carbocycles. The summed E-state index contributed by atoms with van der Waals surface area (Å²) in [5, 5.41) is 13.0. The number of hydrogen-bond acceptors (Lipinski definition) is 3. The van der Waals surface area contributed by atoms with Gasteiger partial charge in [-0.25, -0.2) is 0 Å². The molecule has 0 spiro atoms. The molecule has 3 nitrogen and oxygen atoms in total. The van der Waals surface area contributed by atoms with Gasteiger partial charge >= 0.3 is 0 Å². The minimum absolute atomic E-state index is 0.310. The number of nitrogens with zero attached hydrogens (tertiary/aromatic N) is 2. The summed E-state index contributed by atoms with van der Waals surface area (Å²) in [6, 6.07) is 17.8. The maximum Gasteiger partial charge on any atom is 0.258 e. The summed E-state index contributed by atoms with van der Waals surface area (Å²) in [4.78, 5) is 1.96. The maximum absolute atomic E-state index is 13.0. The molecule has 0 aromatic heterocycles. The standard InChI is InChI=1S/C19H20N2OS2/c1-14-9-11-15(12-10-14)13-20(22)17-19(2,3)24-18(23)21(17)16-7-5-4-6-8-16/h4-13,17H,1-3H3. The highest BCUT2D eigenvalue weighted by molar-refractivity contribution is 8.24. The van der Waals surface area contributed by atoms with E-state index < -0.39 is 6.17 Å². The number of hydroxylamine groups is 1. The Labute approximate surface area is 152 Å². The van der Waals surface area contributed by atoms with Crippen LogP contribution in [0.3, 0.4) is 0 Å². The van der Waals surface area contributed by atoms with Gasteiger partial charge in [0.2, 0.25) is 0 Å². The average molecular weight is 357 g/mol. The zero-order valence-corrected chi connectivity index (χ0v) is 15.6. The first-order valence-electron chi connectivity index (χ1n) is 7.83. The molecule has 3 rings (SSSR count). The van der Waals surface area contributed by atoms with Crippen LogP contribution in [0.15, 0.2) is 54.6 Å². The third-order valence-corrected chi connectivity index (χ3v) is 5.60. The van der Waals surface area contributed by atoms with Crippen LogP contribution in [0, 0.1) is 12.1 Å². The highest BCUT2D eigenvalue weighted by Crippen LogP contribution is 2.43. The van der Waals surface area contributed by atoms with Gasteiger partial charge in [-0.2, -0.15) is 4.74 Å². The molecule has 0 radical (unpaired) electrons. The molecule has 1 aliphatic heterocycles. The van der Waals surface area contributed by atoms with E-state index in [1.165, 1.54) is 5.56 Å². The molecule has 0 amide bonds. The van der Waals surface area contributed by atoms with Crippen LogP contribution in [0.5, 0.6) is 0 Å². The van der Waals surface area contributed by atoms with Gasteiger partial charge < -0.3 is 5.21 Å². The number of thiocarbonyl (C=S) groups is 1. The van der Waals surface area contributed by atoms with Crippen molar-refractivity contribution in [2.24, 2.45) is 0 Å². The van der Waals surface area contributed by atoms with Crippen molar-refractivity contribution in [3.05, 3.63) is 70.9 Å². The van der Waals surface area contributed by atoms with Gasteiger partial charge in [-0.1, -0.05) is 59.9 Å². The number of anilines is 1. The van der Waals surface area contributed by atoms with Gasteiger partial charge in [-0.15, -0.1) is 0 Å². The predicted octanol–water partition coefficient (Wildman–Crippen LogP) is 4.57. The van der Waals surface area contributed by atoms with E-state index >= 15 is 0 Å². The minimum Gasteiger partial charge on any atom is -0.622 e. The van der Waals surface area contributed by atoms with Crippen molar-refractivity contribution >= 4 is 40.2 Å². The molecule has 1 heterocycles. The van der Waals surface area contributed by atoms with Crippen LogP contribution in [0.25, 0.3) is 0 Å². The Morgan fingerprint density at radius 1 is 1.12 bits per heavy atom. The fraction of sp³-hybridized carbons (Fsp3) is 0.263. The molecule has 1 unspecified atom stereocenters. The molecule has 1 aliphatic rings. The highest BCUT2D eigenvalue weighted by Gasteiger charge is 2.51. The van der Waals surface area contributed by atoms with E-state index in [2.05, 4.69) is 13.8 Å². The summed E-state index contributed by atoms with van der Waals surface area (Å²) in [6.07, 6.45) is 1.26. The zero-order chi connectivity index (χ0) is 17.3. The molecular formula is C19H20N2OS2. The Hall–Kier alpha value is -1.85. The lowest BCUT2D eigenvalue weighted by Crippen LogP contribution is -2.48. The van der Waals surface area contributed by atoms with Crippen molar-refractivity contribution in [3.8, 4) is 0 Å². The quantitative estimate of drug-likeness (QED) is 0.265. The summed E-state index contributed by atoms with van der Waals surface area (Å²) in [5.74, 6) is 0. The Balaban J connectivity index is 2.01. The monoisotopic (exact) mass is 356 g/mol. The number of aryl methyl sites for hydroxylation is 1. The minimum atomic E-state index is -0.390. The van der Waals surface area contributed by atoms with E-state index in [1.807, 2.05) is 66.4 Å². The number of hydrogen-bond donors (Lipinski definition) is 0.